The van der Waals surface area contributed by atoms with Crippen molar-refractivity contribution in [1.82, 2.24) is 0 Å². The second-order valence-electron chi connectivity index (χ2n) is 6.26. The first-order chi connectivity index (χ1) is 13.6. The van der Waals surface area contributed by atoms with E-state index < -0.39 is 17.7 Å². The molecule has 1 aliphatic rings. The molecule has 0 fully saturated rings. The predicted molar refractivity (Wildman–Crippen MR) is 108 cm³/mol. The van der Waals surface area contributed by atoms with Gasteiger partial charge in [0, 0.05) is 5.69 Å². The van der Waals surface area contributed by atoms with E-state index in [2.05, 4.69) is 0 Å². The molecule has 5 nitrogen and oxygen atoms in total. The molecule has 1 amide bonds. The zero-order valence-electron chi connectivity index (χ0n) is 15.0. The summed E-state index contributed by atoms with van der Waals surface area (Å²) >= 11 is 1.28. The highest BCUT2D eigenvalue weighted by atomic mass is 32.1. The molecule has 0 saturated heterocycles. The second-order valence-corrected chi connectivity index (χ2v) is 7.20. The van der Waals surface area contributed by atoms with Gasteiger partial charge in [-0.2, -0.15) is 0 Å². The molecule has 3 aromatic rings. The molecule has 2 aromatic carbocycles. The minimum atomic E-state index is -0.711. The standard InChI is InChI=1S/C22H17NO4S/c1-27-16-11-9-15(10-12-16)23-19(14-6-3-2-4-7-14)18(21(25)22(23)26)20(24)17-8-5-13-28-17/h2-13,19,25H,1H3. The summed E-state index contributed by atoms with van der Waals surface area (Å²) in [7, 11) is 1.56. The number of nitrogens with zero attached hydrogens (tertiary/aromatic N) is 1. The highest BCUT2D eigenvalue weighted by molar-refractivity contribution is 7.12. The number of methoxy groups -OCH3 is 1. The molecule has 1 atom stereocenters. The van der Waals surface area contributed by atoms with Crippen LogP contribution in [0.2, 0.25) is 0 Å². The number of aliphatic hydroxyl groups excluding tert-OH is 1. The second kappa shape index (κ2) is 7.32. The largest absolute Gasteiger partial charge is 0.503 e. The monoisotopic (exact) mass is 391 g/mol. The van der Waals surface area contributed by atoms with Gasteiger partial charge < -0.3 is 9.84 Å². The van der Waals surface area contributed by atoms with Crippen LogP contribution in [0.4, 0.5) is 5.69 Å². The SMILES string of the molecule is COc1ccc(N2C(=O)C(O)=C(C(=O)c3cccs3)C2c2ccccc2)cc1. The summed E-state index contributed by atoms with van der Waals surface area (Å²) in [4.78, 5) is 28.0. The van der Waals surface area contributed by atoms with Crippen molar-refractivity contribution in [2.45, 2.75) is 6.04 Å². The minimum Gasteiger partial charge on any atom is -0.503 e. The Morgan fingerprint density at radius 1 is 1.04 bits per heavy atom. The molecule has 1 aliphatic heterocycles. The quantitative estimate of drug-likeness (QED) is 0.649. The third kappa shape index (κ3) is 2.97. The van der Waals surface area contributed by atoms with Gasteiger partial charge in [0.05, 0.1) is 23.6 Å². The number of amides is 1. The van der Waals surface area contributed by atoms with Gasteiger partial charge in [-0.3, -0.25) is 14.5 Å². The summed E-state index contributed by atoms with van der Waals surface area (Å²) in [5.41, 5.74) is 1.41. The van der Waals surface area contributed by atoms with Crippen molar-refractivity contribution in [2.24, 2.45) is 0 Å². The van der Waals surface area contributed by atoms with Crippen molar-refractivity contribution >= 4 is 28.7 Å². The van der Waals surface area contributed by atoms with Gasteiger partial charge >= 0.3 is 0 Å². The molecule has 0 saturated carbocycles. The first-order valence-corrected chi connectivity index (χ1v) is 9.53. The summed E-state index contributed by atoms with van der Waals surface area (Å²) in [6, 6.07) is 18.9. The van der Waals surface area contributed by atoms with Crippen molar-refractivity contribution in [3.05, 3.63) is 93.9 Å². The number of thiophene rings is 1. The molecule has 1 N–H and O–H groups in total. The Balaban J connectivity index is 1.85. The van der Waals surface area contributed by atoms with Crippen LogP contribution < -0.4 is 9.64 Å². The van der Waals surface area contributed by atoms with Crippen LogP contribution in [0.5, 0.6) is 5.75 Å². The van der Waals surface area contributed by atoms with Gasteiger partial charge in [-0.05, 0) is 41.3 Å². The summed E-state index contributed by atoms with van der Waals surface area (Å²) in [6.07, 6.45) is 0. The minimum absolute atomic E-state index is 0.0921. The first kappa shape index (κ1) is 18.0. The molecule has 1 aromatic heterocycles. The highest BCUT2D eigenvalue weighted by Gasteiger charge is 2.44. The van der Waals surface area contributed by atoms with Gasteiger partial charge in [0.25, 0.3) is 5.91 Å². The van der Waals surface area contributed by atoms with E-state index in [4.69, 9.17) is 4.74 Å². The molecule has 140 valence electrons. The number of rotatable bonds is 5. The van der Waals surface area contributed by atoms with Crippen LogP contribution in [0.15, 0.2) is 83.4 Å². The molecule has 0 spiro atoms. The molecule has 6 heteroatoms. The molecule has 0 aliphatic carbocycles. The fourth-order valence-electron chi connectivity index (χ4n) is 3.34. The van der Waals surface area contributed by atoms with Gasteiger partial charge in [0.15, 0.2) is 5.76 Å². The molecular weight excluding hydrogens is 374 g/mol. The van der Waals surface area contributed by atoms with E-state index in [1.807, 2.05) is 30.3 Å². The van der Waals surface area contributed by atoms with Crippen LogP contribution in [-0.2, 0) is 4.79 Å². The Labute approximate surface area is 166 Å². The van der Waals surface area contributed by atoms with E-state index in [1.165, 1.54) is 16.2 Å². The normalized spacial score (nSPS) is 16.5. The van der Waals surface area contributed by atoms with Crippen LogP contribution in [0.3, 0.4) is 0 Å². The maximum Gasteiger partial charge on any atom is 0.294 e. The number of hydrogen-bond acceptors (Lipinski definition) is 5. The smallest absolute Gasteiger partial charge is 0.294 e. The number of carbonyl (C=O) groups is 2. The lowest BCUT2D eigenvalue weighted by molar-refractivity contribution is -0.117. The van der Waals surface area contributed by atoms with Gasteiger partial charge in [-0.1, -0.05) is 36.4 Å². The van der Waals surface area contributed by atoms with E-state index in [0.29, 0.717) is 16.3 Å². The maximum absolute atomic E-state index is 13.1. The molecule has 0 bridgehead atoms. The van der Waals surface area contributed by atoms with Crippen LogP contribution in [0, 0.1) is 0 Å². The summed E-state index contributed by atoms with van der Waals surface area (Å²) in [6.45, 7) is 0. The van der Waals surface area contributed by atoms with E-state index in [1.54, 1.807) is 48.9 Å². The van der Waals surface area contributed by atoms with Crippen molar-refractivity contribution in [3.8, 4) is 5.75 Å². The number of anilines is 1. The van der Waals surface area contributed by atoms with Gasteiger partial charge in [0.2, 0.25) is 5.78 Å². The number of ketones is 1. The van der Waals surface area contributed by atoms with Gasteiger partial charge in [0.1, 0.15) is 5.75 Å². The summed E-state index contributed by atoms with van der Waals surface area (Å²) in [5.74, 6) is -0.800. The average Bonchev–Trinajstić information content (AvgIpc) is 3.36. The third-order valence-corrected chi connectivity index (χ3v) is 5.53. The highest BCUT2D eigenvalue weighted by Crippen LogP contribution is 2.42. The van der Waals surface area contributed by atoms with Crippen molar-refractivity contribution < 1.29 is 19.4 Å². The lowest BCUT2D eigenvalue weighted by Gasteiger charge is -2.27. The molecular formula is C22H17NO4S. The molecule has 4 rings (SSSR count). The van der Waals surface area contributed by atoms with E-state index in [9.17, 15) is 14.7 Å². The number of aliphatic hydroxyl groups is 1. The Bertz CT molecular complexity index is 1040. The van der Waals surface area contributed by atoms with E-state index in [0.717, 1.165) is 5.56 Å². The topological polar surface area (TPSA) is 66.8 Å². The van der Waals surface area contributed by atoms with Gasteiger partial charge in [-0.15, -0.1) is 11.3 Å². The lowest BCUT2D eigenvalue weighted by Crippen LogP contribution is -2.30. The Kier molecular flexibility index (Phi) is 4.71. The van der Waals surface area contributed by atoms with Crippen LogP contribution >= 0.6 is 11.3 Å². The molecule has 2 heterocycles. The maximum atomic E-state index is 13.1. The van der Waals surface area contributed by atoms with Crippen LogP contribution in [0.1, 0.15) is 21.3 Å². The van der Waals surface area contributed by atoms with Crippen molar-refractivity contribution in [3.63, 3.8) is 0 Å². The Hall–Kier alpha value is -3.38. The zero-order chi connectivity index (χ0) is 19.7. The number of ether oxygens (including phenoxy) is 1. The lowest BCUT2D eigenvalue weighted by atomic mass is 9.95. The first-order valence-electron chi connectivity index (χ1n) is 8.65. The Morgan fingerprint density at radius 3 is 2.36 bits per heavy atom. The molecule has 1 unspecified atom stereocenters. The van der Waals surface area contributed by atoms with Gasteiger partial charge in [-0.25, -0.2) is 0 Å². The molecule has 0 radical (unpaired) electrons. The van der Waals surface area contributed by atoms with Crippen molar-refractivity contribution in [2.75, 3.05) is 12.0 Å². The average molecular weight is 391 g/mol. The predicted octanol–water partition coefficient (Wildman–Crippen LogP) is 4.54. The number of hydrogen-bond donors (Lipinski definition) is 1. The fraction of sp³-hybridized carbons (Fsp3) is 0.0909. The number of Topliss-reactive ketones (excluding diaryl/α,β-unsaturated/α-hetero) is 1. The number of benzene rings is 2. The molecule has 28 heavy (non-hydrogen) atoms. The van der Waals surface area contributed by atoms with Crippen LogP contribution in [-0.4, -0.2) is 23.9 Å². The van der Waals surface area contributed by atoms with E-state index >= 15 is 0 Å². The third-order valence-electron chi connectivity index (χ3n) is 4.66. The van der Waals surface area contributed by atoms with E-state index in [-0.39, 0.29) is 11.4 Å². The Morgan fingerprint density at radius 2 is 1.75 bits per heavy atom. The fourth-order valence-corrected chi connectivity index (χ4v) is 4.02. The summed E-state index contributed by atoms with van der Waals surface area (Å²) < 4.78 is 5.18. The number of carbonyl (C=O) groups excluding carboxylic acids is 2. The zero-order valence-corrected chi connectivity index (χ0v) is 15.8. The summed E-state index contributed by atoms with van der Waals surface area (Å²) in [5, 5.41) is 12.4. The van der Waals surface area contributed by atoms with Crippen LogP contribution in [0.25, 0.3) is 0 Å². The van der Waals surface area contributed by atoms with Crippen molar-refractivity contribution in [1.29, 1.82) is 0 Å².